The van der Waals surface area contributed by atoms with Gasteiger partial charge in [-0.1, -0.05) is 18.9 Å². The summed E-state index contributed by atoms with van der Waals surface area (Å²) in [7, 11) is 1.59. The molecule has 134 valence electrons. The summed E-state index contributed by atoms with van der Waals surface area (Å²) in [4.78, 5) is 22.8. The van der Waals surface area contributed by atoms with Gasteiger partial charge in [0.25, 0.3) is 0 Å². The predicted octanol–water partition coefficient (Wildman–Crippen LogP) is 1.70. The molecule has 2 aromatic heterocycles. The lowest BCUT2D eigenvalue weighted by atomic mass is 10.2. The number of likely N-dealkylation sites (tertiary alicyclic amines) is 1. The maximum absolute atomic E-state index is 12.4. The van der Waals surface area contributed by atoms with Gasteiger partial charge >= 0.3 is 0 Å². The van der Waals surface area contributed by atoms with Gasteiger partial charge in [0.1, 0.15) is 12.9 Å². The van der Waals surface area contributed by atoms with Gasteiger partial charge in [-0.25, -0.2) is 14.6 Å². The van der Waals surface area contributed by atoms with Gasteiger partial charge in [0.05, 0.1) is 19.3 Å². The second-order valence-electron chi connectivity index (χ2n) is 6.09. The largest absolute Gasteiger partial charge is 0.481 e. The first-order valence-electron chi connectivity index (χ1n) is 8.65. The Morgan fingerprint density at radius 3 is 2.80 bits per heavy atom. The molecule has 0 atom stereocenters. The molecule has 0 bridgehead atoms. The van der Waals surface area contributed by atoms with Crippen molar-refractivity contribution in [1.82, 2.24) is 24.6 Å². The molecular formula is C17H24N6O2. The van der Waals surface area contributed by atoms with Crippen molar-refractivity contribution in [2.24, 2.45) is 0 Å². The predicted molar refractivity (Wildman–Crippen MR) is 93.2 cm³/mol. The van der Waals surface area contributed by atoms with Crippen molar-refractivity contribution in [1.29, 1.82) is 0 Å². The number of pyridine rings is 1. The van der Waals surface area contributed by atoms with E-state index in [1.54, 1.807) is 24.2 Å². The second kappa shape index (κ2) is 8.46. The lowest BCUT2D eigenvalue weighted by Gasteiger charge is -2.19. The van der Waals surface area contributed by atoms with Crippen LogP contribution < -0.4 is 10.1 Å². The van der Waals surface area contributed by atoms with Crippen molar-refractivity contribution in [2.45, 2.75) is 38.8 Å². The summed E-state index contributed by atoms with van der Waals surface area (Å²) in [6.45, 7) is 2.41. The molecule has 1 amide bonds. The van der Waals surface area contributed by atoms with Gasteiger partial charge in [0.15, 0.2) is 0 Å². The van der Waals surface area contributed by atoms with Gasteiger partial charge in [-0.15, -0.1) is 5.10 Å². The Bertz CT molecular complexity index is 694. The summed E-state index contributed by atoms with van der Waals surface area (Å²) in [6, 6.07) is 5.58. The standard InChI is InChI=1S/C17H24N6O2/c1-25-15-8-6-7-14(20-15)11-18-17-19-13-23(21-17)12-16(24)22-9-4-2-3-5-10-22/h6-8,13H,2-5,9-12H2,1H3,(H,18,21). The fourth-order valence-electron chi connectivity index (χ4n) is 2.85. The number of anilines is 1. The van der Waals surface area contributed by atoms with E-state index in [1.165, 1.54) is 12.8 Å². The van der Waals surface area contributed by atoms with E-state index >= 15 is 0 Å². The topological polar surface area (TPSA) is 85.2 Å². The highest BCUT2D eigenvalue weighted by molar-refractivity contribution is 5.75. The van der Waals surface area contributed by atoms with Crippen molar-refractivity contribution < 1.29 is 9.53 Å². The van der Waals surface area contributed by atoms with Crippen molar-refractivity contribution in [3.63, 3.8) is 0 Å². The maximum Gasteiger partial charge on any atom is 0.244 e. The average molecular weight is 344 g/mol. The normalized spacial score (nSPS) is 14.8. The number of hydrogen-bond donors (Lipinski definition) is 1. The van der Waals surface area contributed by atoms with Gasteiger partial charge in [-0.3, -0.25) is 4.79 Å². The molecule has 3 heterocycles. The van der Waals surface area contributed by atoms with Crippen LogP contribution in [0.5, 0.6) is 5.88 Å². The van der Waals surface area contributed by atoms with Crippen LogP contribution in [0.25, 0.3) is 0 Å². The monoisotopic (exact) mass is 344 g/mol. The van der Waals surface area contributed by atoms with Crippen molar-refractivity contribution in [2.75, 3.05) is 25.5 Å². The highest BCUT2D eigenvalue weighted by Crippen LogP contribution is 2.11. The number of aromatic nitrogens is 4. The lowest BCUT2D eigenvalue weighted by Crippen LogP contribution is -2.34. The molecular weight excluding hydrogens is 320 g/mol. The SMILES string of the molecule is COc1cccc(CNc2ncn(CC(=O)N3CCCCCC3)n2)n1. The number of nitrogens with one attached hydrogen (secondary N) is 1. The van der Waals surface area contributed by atoms with E-state index in [0.717, 1.165) is 31.6 Å². The molecule has 8 heteroatoms. The fraction of sp³-hybridized carbons (Fsp3) is 0.529. The van der Waals surface area contributed by atoms with Crippen LogP contribution in [0, 0.1) is 0 Å². The number of methoxy groups -OCH3 is 1. The molecule has 0 unspecified atom stereocenters. The third kappa shape index (κ3) is 4.91. The fourth-order valence-corrected chi connectivity index (χ4v) is 2.85. The molecule has 0 spiro atoms. The van der Waals surface area contributed by atoms with Crippen molar-refractivity contribution in [3.8, 4) is 5.88 Å². The van der Waals surface area contributed by atoms with Crippen LogP contribution in [-0.4, -0.2) is 50.8 Å². The molecule has 0 aromatic carbocycles. The van der Waals surface area contributed by atoms with Gasteiger partial charge in [0, 0.05) is 19.2 Å². The van der Waals surface area contributed by atoms with Crippen LogP contribution in [0.2, 0.25) is 0 Å². The molecule has 0 saturated carbocycles. The van der Waals surface area contributed by atoms with E-state index in [0.29, 0.717) is 18.4 Å². The Morgan fingerprint density at radius 1 is 1.24 bits per heavy atom. The van der Waals surface area contributed by atoms with Crippen LogP contribution in [0.15, 0.2) is 24.5 Å². The summed E-state index contributed by atoms with van der Waals surface area (Å²) in [5, 5.41) is 7.42. The average Bonchev–Trinajstić information content (AvgIpc) is 2.90. The molecule has 3 rings (SSSR count). The Morgan fingerprint density at radius 2 is 2.04 bits per heavy atom. The van der Waals surface area contributed by atoms with Gasteiger partial charge in [-0.05, 0) is 18.9 Å². The Kier molecular flexibility index (Phi) is 5.81. The van der Waals surface area contributed by atoms with Gasteiger partial charge < -0.3 is 15.0 Å². The van der Waals surface area contributed by atoms with Crippen molar-refractivity contribution >= 4 is 11.9 Å². The third-order valence-corrected chi connectivity index (χ3v) is 4.21. The van der Waals surface area contributed by atoms with Gasteiger partial charge in [-0.2, -0.15) is 0 Å². The zero-order valence-corrected chi connectivity index (χ0v) is 14.5. The van der Waals surface area contributed by atoms with Crippen molar-refractivity contribution in [3.05, 3.63) is 30.2 Å². The molecule has 1 N–H and O–H groups in total. The highest BCUT2D eigenvalue weighted by atomic mass is 16.5. The Labute approximate surface area is 147 Å². The summed E-state index contributed by atoms with van der Waals surface area (Å²) >= 11 is 0. The first-order chi connectivity index (χ1) is 12.2. The molecule has 0 aliphatic carbocycles. The molecule has 2 aromatic rings. The zero-order valence-electron chi connectivity index (χ0n) is 14.5. The number of carbonyl (C=O) groups excluding carboxylic acids is 1. The summed E-state index contributed by atoms with van der Waals surface area (Å²) in [5.41, 5.74) is 0.830. The maximum atomic E-state index is 12.4. The minimum Gasteiger partial charge on any atom is -0.481 e. The first-order valence-corrected chi connectivity index (χ1v) is 8.65. The van der Waals surface area contributed by atoms with E-state index in [-0.39, 0.29) is 12.5 Å². The molecule has 1 saturated heterocycles. The van der Waals surface area contributed by atoms with Crippen LogP contribution in [-0.2, 0) is 17.9 Å². The number of hydrogen-bond acceptors (Lipinski definition) is 6. The van der Waals surface area contributed by atoms with Crippen LogP contribution >= 0.6 is 0 Å². The van der Waals surface area contributed by atoms with Crippen LogP contribution in [0.1, 0.15) is 31.4 Å². The number of ether oxygens (including phenoxy) is 1. The molecule has 25 heavy (non-hydrogen) atoms. The number of carbonyl (C=O) groups is 1. The van der Waals surface area contributed by atoms with E-state index < -0.39 is 0 Å². The Hall–Kier alpha value is -2.64. The molecule has 1 fully saturated rings. The minimum atomic E-state index is 0.104. The smallest absolute Gasteiger partial charge is 0.244 e. The summed E-state index contributed by atoms with van der Waals surface area (Å²) in [5.74, 6) is 1.15. The number of amides is 1. The van der Waals surface area contributed by atoms with E-state index in [9.17, 15) is 4.79 Å². The Balaban J connectivity index is 1.52. The zero-order chi connectivity index (χ0) is 17.5. The number of rotatable bonds is 6. The van der Waals surface area contributed by atoms with E-state index in [2.05, 4.69) is 20.4 Å². The second-order valence-corrected chi connectivity index (χ2v) is 6.09. The van der Waals surface area contributed by atoms with Crippen LogP contribution in [0.4, 0.5) is 5.95 Å². The quantitative estimate of drug-likeness (QED) is 0.858. The van der Waals surface area contributed by atoms with E-state index in [4.69, 9.17) is 4.74 Å². The molecule has 0 radical (unpaired) electrons. The minimum absolute atomic E-state index is 0.104. The molecule has 1 aliphatic rings. The highest BCUT2D eigenvalue weighted by Gasteiger charge is 2.16. The van der Waals surface area contributed by atoms with Gasteiger partial charge in [0.2, 0.25) is 17.7 Å². The molecule has 1 aliphatic heterocycles. The third-order valence-electron chi connectivity index (χ3n) is 4.21. The lowest BCUT2D eigenvalue weighted by molar-refractivity contribution is -0.132. The molecule has 8 nitrogen and oxygen atoms in total. The first kappa shape index (κ1) is 17.2. The summed E-state index contributed by atoms with van der Waals surface area (Å²) in [6.07, 6.45) is 6.17. The number of nitrogens with zero attached hydrogens (tertiary/aromatic N) is 5. The van der Waals surface area contributed by atoms with Crippen LogP contribution in [0.3, 0.4) is 0 Å². The van der Waals surface area contributed by atoms with E-state index in [1.807, 2.05) is 17.0 Å². The summed E-state index contributed by atoms with van der Waals surface area (Å²) < 4.78 is 6.68.